The van der Waals surface area contributed by atoms with E-state index in [4.69, 9.17) is 28.4 Å². The maximum atomic E-state index is 13.4. The predicted octanol–water partition coefficient (Wildman–Crippen LogP) is -7.70. The van der Waals surface area contributed by atoms with E-state index in [0.717, 1.165) is 0 Å². The van der Waals surface area contributed by atoms with Gasteiger partial charge in [-0.25, -0.2) is 4.79 Å². The van der Waals surface area contributed by atoms with Crippen molar-refractivity contribution in [3.8, 4) is 0 Å². The van der Waals surface area contributed by atoms with Crippen LogP contribution in [0.4, 0.5) is 0 Å². The maximum Gasteiger partial charge on any atom is 0.326 e. The molecule has 0 aromatic heterocycles. The van der Waals surface area contributed by atoms with Crippen LogP contribution in [-0.4, -0.2) is 233 Å². The van der Waals surface area contributed by atoms with E-state index in [1.807, 2.05) is 0 Å². The summed E-state index contributed by atoms with van der Waals surface area (Å²) in [6, 6.07) is -3.88. The van der Waals surface area contributed by atoms with Crippen molar-refractivity contribution in [1.82, 2.24) is 21.3 Å². The highest BCUT2D eigenvalue weighted by molar-refractivity contribution is 5.87. The summed E-state index contributed by atoms with van der Waals surface area (Å²) in [5.74, 6) is -4.90. The van der Waals surface area contributed by atoms with E-state index in [9.17, 15) is 80.1 Å². The SMILES string of the molecule is CC(=O)NC1C(OC2OC(C(=O)NCCCCC(NC(=O)C3OC(OC4C(O)C(CO)OC(C)(C)C4NC(C)=O)C(O)C(O)C3O)C(=O)O)C(O)C(O)C2O)C(O)C(CO)OC1(C)C. The van der Waals surface area contributed by atoms with Crippen LogP contribution in [-0.2, 0) is 52.4 Å². The van der Waals surface area contributed by atoms with Gasteiger partial charge in [0.1, 0.15) is 79.3 Å². The summed E-state index contributed by atoms with van der Waals surface area (Å²) in [4.78, 5) is 62.8. The molecule has 64 heavy (non-hydrogen) atoms. The molecule has 4 rings (SSSR count). The van der Waals surface area contributed by atoms with E-state index in [0.29, 0.717) is 0 Å². The molecule has 0 saturated carbocycles. The molecule has 0 aliphatic carbocycles. The van der Waals surface area contributed by atoms with Crippen LogP contribution in [0.3, 0.4) is 0 Å². The van der Waals surface area contributed by atoms with Crippen molar-refractivity contribution in [1.29, 1.82) is 0 Å². The first-order valence-electron chi connectivity index (χ1n) is 20.8. The summed E-state index contributed by atoms with van der Waals surface area (Å²) in [5.41, 5.74) is -2.54. The van der Waals surface area contributed by atoms with Crippen molar-refractivity contribution in [2.24, 2.45) is 0 Å². The van der Waals surface area contributed by atoms with Crippen molar-refractivity contribution >= 4 is 29.6 Å². The fourth-order valence-electron chi connectivity index (χ4n) is 8.19. The predicted molar refractivity (Wildman–Crippen MR) is 209 cm³/mol. The van der Waals surface area contributed by atoms with Gasteiger partial charge in [-0.3, -0.25) is 19.2 Å². The fraction of sp³-hybridized carbons (Fsp3) is 0.868. The number of carbonyl (C=O) groups excluding carboxylic acids is 4. The lowest BCUT2D eigenvalue weighted by Gasteiger charge is -2.51. The highest BCUT2D eigenvalue weighted by Gasteiger charge is 2.56. The third-order valence-electron chi connectivity index (χ3n) is 11.6. The van der Waals surface area contributed by atoms with E-state index in [1.54, 1.807) is 13.8 Å². The zero-order valence-corrected chi connectivity index (χ0v) is 36.1. The molecule has 0 aromatic carbocycles. The first kappa shape index (κ1) is 53.3. The van der Waals surface area contributed by atoms with Gasteiger partial charge in [0.15, 0.2) is 24.8 Å². The third kappa shape index (κ3) is 12.2. The van der Waals surface area contributed by atoms with Gasteiger partial charge < -0.3 is 106 Å². The van der Waals surface area contributed by atoms with Crippen LogP contribution < -0.4 is 21.3 Å². The Morgan fingerprint density at radius 3 is 1.38 bits per heavy atom. The van der Waals surface area contributed by atoms with Crippen LogP contribution in [0, 0.1) is 0 Å². The quantitative estimate of drug-likeness (QED) is 0.0602. The number of carboxylic acid groups (broad SMARTS) is 1. The number of carboxylic acids is 1. The molecule has 0 radical (unpaired) electrons. The van der Waals surface area contributed by atoms with Crippen molar-refractivity contribution in [3.05, 3.63) is 0 Å². The van der Waals surface area contributed by atoms with E-state index in [-0.39, 0.29) is 25.8 Å². The number of amides is 4. The summed E-state index contributed by atoms with van der Waals surface area (Å²) in [6.45, 7) is 6.95. The topological polar surface area (TPSA) is 411 Å². The van der Waals surface area contributed by atoms with E-state index in [2.05, 4.69) is 21.3 Å². The molecule has 26 heteroatoms. The van der Waals surface area contributed by atoms with Crippen LogP contribution in [0.15, 0.2) is 0 Å². The molecule has 4 amide bonds. The number of aliphatic hydroxyl groups is 10. The lowest BCUT2D eigenvalue weighted by Crippen LogP contribution is -2.71. The molecular formula is C38H64N4O22. The Morgan fingerprint density at radius 1 is 0.594 bits per heavy atom. The molecular weight excluding hydrogens is 864 g/mol. The number of unbranched alkanes of at least 4 members (excludes halogenated alkanes) is 1. The molecule has 0 aromatic rings. The first-order valence-corrected chi connectivity index (χ1v) is 20.8. The molecule has 0 bridgehead atoms. The normalized spacial score (nSPS) is 40.1. The second kappa shape index (κ2) is 22.0. The smallest absolute Gasteiger partial charge is 0.326 e. The standard InChI is InChI=1S/C38H64N4O22/c1-13(45)40-30-26(18(47)16(11-43)63-37(30,3)4)59-35-24(53)20(49)22(51)28(61-35)32(55)39-10-8-7-9-15(34(57)58)42-33(56)29-23(52)21(50)25(54)36(62-29)60-27-19(48)17(12-44)64-38(5,6)31(27)41-14(2)46/h15-31,35-36,43-44,47-54H,7-12H2,1-6H3,(H,39,55)(H,40,45)(H,41,46)(H,42,56)(H,57,58). The minimum Gasteiger partial charge on any atom is -0.480 e. The summed E-state index contributed by atoms with van der Waals surface area (Å²) in [7, 11) is 0. The Kier molecular flexibility index (Phi) is 18.3. The number of ether oxygens (including phenoxy) is 6. The molecule has 19 atom stereocenters. The van der Waals surface area contributed by atoms with Gasteiger partial charge in [0, 0.05) is 20.4 Å². The molecule has 0 spiro atoms. The lowest BCUT2D eigenvalue weighted by molar-refractivity contribution is -0.330. The summed E-state index contributed by atoms with van der Waals surface area (Å²) >= 11 is 0. The molecule has 26 nitrogen and oxygen atoms in total. The Bertz CT molecular complexity index is 1620. The van der Waals surface area contributed by atoms with Crippen molar-refractivity contribution in [2.75, 3.05) is 19.8 Å². The Morgan fingerprint density at radius 2 is 1.00 bits per heavy atom. The van der Waals surface area contributed by atoms with Crippen molar-refractivity contribution in [2.45, 2.75) is 188 Å². The first-order chi connectivity index (χ1) is 29.8. The van der Waals surface area contributed by atoms with Gasteiger partial charge in [0.25, 0.3) is 11.8 Å². The van der Waals surface area contributed by atoms with Gasteiger partial charge in [-0.1, -0.05) is 0 Å². The van der Waals surface area contributed by atoms with Gasteiger partial charge >= 0.3 is 5.97 Å². The monoisotopic (exact) mass is 928 g/mol. The van der Waals surface area contributed by atoms with Crippen LogP contribution in [0.5, 0.6) is 0 Å². The molecule has 15 N–H and O–H groups in total. The zero-order valence-electron chi connectivity index (χ0n) is 36.1. The fourth-order valence-corrected chi connectivity index (χ4v) is 8.19. The van der Waals surface area contributed by atoms with Crippen LogP contribution >= 0.6 is 0 Å². The third-order valence-corrected chi connectivity index (χ3v) is 11.6. The van der Waals surface area contributed by atoms with Crippen molar-refractivity contribution in [3.63, 3.8) is 0 Å². The molecule has 4 fully saturated rings. The maximum absolute atomic E-state index is 13.4. The number of hydrogen-bond acceptors (Lipinski definition) is 21. The summed E-state index contributed by atoms with van der Waals surface area (Å²) < 4.78 is 34.2. The highest BCUT2D eigenvalue weighted by atomic mass is 16.7. The highest BCUT2D eigenvalue weighted by Crippen LogP contribution is 2.36. The average Bonchev–Trinajstić information content (AvgIpc) is 3.21. The largest absolute Gasteiger partial charge is 0.480 e. The molecule has 4 aliphatic rings. The Hall–Kier alpha value is -3.29. The Balaban J connectivity index is 1.35. The number of aliphatic carboxylic acids is 1. The zero-order chi connectivity index (χ0) is 48.2. The Labute approximate surface area is 367 Å². The molecule has 19 unspecified atom stereocenters. The van der Waals surface area contributed by atoms with E-state index in [1.165, 1.54) is 27.7 Å². The second-order valence-corrected chi connectivity index (χ2v) is 17.4. The van der Waals surface area contributed by atoms with E-state index < -0.39 is 170 Å². The van der Waals surface area contributed by atoms with Gasteiger partial charge in [0.05, 0.1) is 36.5 Å². The molecule has 4 heterocycles. The van der Waals surface area contributed by atoms with Crippen LogP contribution in [0.25, 0.3) is 0 Å². The number of aliphatic hydroxyl groups excluding tert-OH is 10. The number of carbonyl (C=O) groups is 5. The minimum atomic E-state index is -2.11. The number of hydrogen-bond donors (Lipinski definition) is 15. The lowest BCUT2D eigenvalue weighted by atomic mass is 9.84. The van der Waals surface area contributed by atoms with Gasteiger partial charge in [0.2, 0.25) is 11.8 Å². The molecule has 368 valence electrons. The minimum absolute atomic E-state index is 0.0157. The second-order valence-electron chi connectivity index (χ2n) is 17.4. The van der Waals surface area contributed by atoms with Gasteiger partial charge in [-0.15, -0.1) is 0 Å². The summed E-state index contributed by atoms with van der Waals surface area (Å²) in [6.07, 6.45) is -28.7. The van der Waals surface area contributed by atoms with Gasteiger partial charge in [-0.2, -0.15) is 0 Å². The summed E-state index contributed by atoms with van der Waals surface area (Å²) in [5, 5.41) is 125. The van der Waals surface area contributed by atoms with E-state index >= 15 is 0 Å². The number of rotatable bonds is 17. The average molecular weight is 929 g/mol. The van der Waals surface area contributed by atoms with Crippen molar-refractivity contribution < 1.29 is 109 Å². The van der Waals surface area contributed by atoms with Crippen LogP contribution in [0.2, 0.25) is 0 Å². The number of nitrogens with one attached hydrogen (secondary N) is 4. The molecule has 4 saturated heterocycles. The van der Waals surface area contributed by atoms with Crippen LogP contribution in [0.1, 0.15) is 60.8 Å². The van der Waals surface area contributed by atoms with Gasteiger partial charge in [-0.05, 0) is 47.0 Å². The molecule has 4 aliphatic heterocycles.